The lowest BCUT2D eigenvalue weighted by Crippen LogP contribution is -2.35. The molecule has 0 aliphatic heterocycles. The maximum Gasteiger partial charge on any atom is 0.454 e. The van der Waals surface area contributed by atoms with Gasteiger partial charge in [0, 0.05) is 36.1 Å². The van der Waals surface area contributed by atoms with E-state index in [4.69, 9.17) is 0 Å². The van der Waals surface area contributed by atoms with Crippen LogP contribution in [0.3, 0.4) is 0 Å². The molecule has 132 valence electrons. The molecule has 0 bridgehead atoms. The van der Waals surface area contributed by atoms with Gasteiger partial charge in [0.1, 0.15) is 0 Å². The van der Waals surface area contributed by atoms with Crippen LogP contribution in [-0.2, 0) is 9.59 Å². The van der Waals surface area contributed by atoms with Crippen LogP contribution in [-0.4, -0.2) is 36.5 Å². The molecule has 0 rings (SSSR count). The summed E-state index contributed by atoms with van der Waals surface area (Å²) < 4.78 is 72.3. The number of allylic oxidation sites excluding steroid dienone is 4. The molecule has 4 nitrogen and oxygen atoms in total. The molecule has 1 unspecified atom stereocenters. The molecule has 0 radical (unpaired) electrons. The summed E-state index contributed by atoms with van der Waals surface area (Å²) in [7, 11) is 0. The second-order valence-corrected chi connectivity index (χ2v) is 4.81. The van der Waals surface area contributed by atoms with E-state index in [-0.39, 0.29) is 17.9 Å². The Morgan fingerprint density at radius 1 is 0.913 bits per heavy atom. The standard InChI is InChI=1S/C13H16F6N2O2/c1-7(4-10(22)12(14,15)16)20-6-9(3)21-8(2)5-11(23)13(17,18)19/h4-5,9,20-21H,6H2,1-3H3. The van der Waals surface area contributed by atoms with Crippen LogP contribution in [0.5, 0.6) is 0 Å². The van der Waals surface area contributed by atoms with E-state index in [9.17, 15) is 35.9 Å². The van der Waals surface area contributed by atoms with Crippen LogP contribution in [0.25, 0.3) is 0 Å². The van der Waals surface area contributed by atoms with Crippen molar-refractivity contribution in [1.82, 2.24) is 10.6 Å². The molecule has 0 heterocycles. The topological polar surface area (TPSA) is 58.2 Å². The van der Waals surface area contributed by atoms with E-state index >= 15 is 0 Å². The number of ketones is 2. The van der Waals surface area contributed by atoms with E-state index in [1.807, 2.05) is 0 Å². The number of rotatable bonds is 7. The third kappa shape index (κ3) is 8.89. The molecule has 0 aliphatic carbocycles. The van der Waals surface area contributed by atoms with Gasteiger partial charge in [-0.15, -0.1) is 0 Å². The quantitative estimate of drug-likeness (QED) is 0.550. The predicted octanol–water partition coefficient (Wildman–Crippen LogP) is 2.62. The lowest BCUT2D eigenvalue weighted by molar-refractivity contribution is -0.165. The van der Waals surface area contributed by atoms with Crippen molar-refractivity contribution in [2.24, 2.45) is 0 Å². The fraction of sp³-hybridized carbons (Fsp3) is 0.538. The minimum absolute atomic E-state index is 0.0266. The fourth-order valence-corrected chi connectivity index (χ4v) is 1.40. The molecule has 10 heteroatoms. The molecule has 0 amide bonds. The van der Waals surface area contributed by atoms with Crippen LogP contribution in [0.2, 0.25) is 0 Å². The molecule has 23 heavy (non-hydrogen) atoms. The summed E-state index contributed by atoms with van der Waals surface area (Å²) in [5.74, 6) is -4.04. The Kier molecular flexibility index (Phi) is 7.32. The summed E-state index contributed by atoms with van der Waals surface area (Å²) >= 11 is 0. The number of alkyl halides is 6. The maximum atomic E-state index is 12.1. The summed E-state index contributed by atoms with van der Waals surface area (Å²) in [4.78, 5) is 21.4. The summed E-state index contributed by atoms with van der Waals surface area (Å²) in [6.45, 7) is 4.04. The highest BCUT2D eigenvalue weighted by molar-refractivity contribution is 5.95. The summed E-state index contributed by atoms with van der Waals surface area (Å²) in [5, 5.41) is 5.08. The number of halogens is 6. The zero-order valence-corrected chi connectivity index (χ0v) is 12.5. The zero-order valence-electron chi connectivity index (χ0n) is 12.5. The molecule has 0 aliphatic rings. The molecule has 0 aromatic carbocycles. The van der Waals surface area contributed by atoms with Gasteiger partial charge in [-0.25, -0.2) is 0 Å². The van der Waals surface area contributed by atoms with Gasteiger partial charge < -0.3 is 10.6 Å². The van der Waals surface area contributed by atoms with Gasteiger partial charge in [0.05, 0.1) is 0 Å². The van der Waals surface area contributed by atoms with E-state index in [2.05, 4.69) is 10.6 Å². The summed E-state index contributed by atoms with van der Waals surface area (Å²) in [5.41, 5.74) is -0.0939. The Morgan fingerprint density at radius 3 is 1.70 bits per heavy atom. The highest BCUT2D eigenvalue weighted by Crippen LogP contribution is 2.17. The summed E-state index contributed by atoms with van der Waals surface area (Å²) in [6.07, 6.45) is -9.18. The first-order valence-electron chi connectivity index (χ1n) is 6.32. The Labute approximate surface area is 128 Å². The van der Waals surface area contributed by atoms with Crippen molar-refractivity contribution in [3.05, 3.63) is 23.5 Å². The minimum Gasteiger partial charge on any atom is -0.386 e. The van der Waals surface area contributed by atoms with Crippen LogP contribution in [0.4, 0.5) is 26.3 Å². The molecular weight excluding hydrogens is 330 g/mol. The van der Waals surface area contributed by atoms with E-state index in [0.717, 1.165) is 0 Å². The highest BCUT2D eigenvalue weighted by atomic mass is 19.4. The van der Waals surface area contributed by atoms with Crippen LogP contribution < -0.4 is 10.6 Å². The van der Waals surface area contributed by atoms with Gasteiger partial charge in [-0.05, 0) is 20.8 Å². The van der Waals surface area contributed by atoms with Gasteiger partial charge in [0.25, 0.3) is 11.6 Å². The largest absolute Gasteiger partial charge is 0.454 e. The molecule has 2 N–H and O–H groups in total. The highest BCUT2D eigenvalue weighted by Gasteiger charge is 2.37. The van der Waals surface area contributed by atoms with Gasteiger partial charge in [-0.3, -0.25) is 9.59 Å². The maximum absolute atomic E-state index is 12.1. The average molecular weight is 346 g/mol. The SMILES string of the molecule is CC(=CC(=O)C(F)(F)F)NCC(C)NC(C)=CC(=O)C(F)(F)F. The summed E-state index contributed by atoms with van der Waals surface area (Å²) in [6, 6.07) is -0.503. The Hall–Kier alpha value is -2.00. The van der Waals surface area contributed by atoms with Gasteiger partial charge in [-0.1, -0.05) is 0 Å². The monoisotopic (exact) mass is 346 g/mol. The molecule has 0 aromatic heterocycles. The Balaban J connectivity index is 4.49. The van der Waals surface area contributed by atoms with Gasteiger partial charge >= 0.3 is 12.4 Å². The normalized spacial score (nSPS) is 15.2. The van der Waals surface area contributed by atoms with Crippen molar-refractivity contribution < 1.29 is 35.9 Å². The van der Waals surface area contributed by atoms with Gasteiger partial charge in [0.15, 0.2) is 0 Å². The number of carbonyl (C=O) groups excluding carboxylic acids is 2. The van der Waals surface area contributed by atoms with Crippen LogP contribution in [0.1, 0.15) is 20.8 Å². The third-order valence-electron chi connectivity index (χ3n) is 2.42. The van der Waals surface area contributed by atoms with Crippen molar-refractivity contribution in [3.8, 4) is 0 Å². The first-order chi connectivity index (χ1) is 10.2. The number of nitrogens with one attached hydrogen (secondary N) is 2. The van der Waals surface area contributed by atoms with Crippen molar-refractivity contribution in [1.29, 1.82) is 0 Å². The van der Waals surface area contributed by atoms with Crippen molar-refractivity contribution in [2.75, 3.05) is 6.54 Å². The molecule has 0 spiro atoms. The van der Waals surface area contributed by atoms with Crippen LogP contribution in [0.15, 0.2) is 23.5 Å². The zero-order chi connectivity index (χ0) is 18.4. The molecule has 0 aromatic rings. The van der Waals surface area contributed by atoms with E-state index < -0.39 is 30.0 Å². The van der Waals surface area contributed by atoms with E-state index in [1.54, 1.807) is 0 Å². The van der Waals surface area contributed by atoms with Gasteiger partial charge in [0.2, 0.25) is 0 Å². The lowest BCUT2D eigenvalue weighted by Gasteiger charge is -2.17. The number of hydrogen-bond acceptors (Lipinski definition) is 4. The smallest absolute Gasteiger partial charge is 0.386 e. The van der Waals surface area contributed by atoms with Crippen molar-refractivity contribution in [2.45, 2.75) is 39.2 Å². The first kappa shape index (κ1) is 21.0. The van der Waals surface area contributed by atoms with Crippen molar-refractivity contribution >= 4 is 11.6 Å². The second-order valence-electron chi connectivity index (χ2n) is 4.81. The Bertz CT molecular complexity index is 506. The molecule has 0 saturated heterocycles. The average Bonchev–Trinajstić information content (AvgIpc) is 2.33. The Morgan fingerprint density at radius 2 is 1.30 bits per heavy atom. The van der Waals surface area contributed by atoms with Crippen LogP contribution in [0, 0.1) is 0 Å². The predicted molar refractivity (Wildman–Crippen MR) is 70.2 cm³/mol. The van der Waals surface area contributed by atoms with E-state index in [0.29, 0.717) is 12.2 Å². The first-order valence-corrected chi connectivity index (χ1v) is 6.32. The third-order valence-corrected chi connectivity index (χ3v) is 2.42. The molecule has 1 atom stereocenters. The molecule has 0 saturated carbocycles. The molecule has 0 fully saturated rings. The van der Waals surface area contributed by atoms with E-state index in [1.165, 1.54) is 20.8 Å². The number of carbonyl (C=O) groups is 2. The fourth-order valence-electron chi connectivity index (χ4n) is 1.40. The van der Waals surface area contributed by atoms with Crippen molar-refractivity contribution in [3.63, 3.8) is 0 Å². The minimum atomic E-state index is -4.97. The lowest BCUT2D eigenvalue weighted by atomic mass is 10.2. The second kappa shape index (κ2) is 8.02. The van der Waals surface area contributed by atoms with Gasteiger partial charge in [-0.2, -0.15) is 26.3 Å². The van der Waals surface area contributed by atoms with Crippen LogP contribution >= 0.6 is 0 Å². The molecular formula is C13H16F6N2O2. The number of hydrogen-bond donors (Lipinski definition) is 2.